The Morgan fingerprint density at radius 2 is 1.31 bits per heavy atom. The topological polar surface area (TPSA) is 37.4 Å². The number of unbranched alkanes of at least 4 members (excludes halogenated alkanes) is 9. The van der Waals surface area contributed by atoms with Crippen molar-refractivity contribution in [3.63, 3.8) is 0 Å². The Balaban J connectivity index is 1.06. The molecule has 26 heavy (non-hydrogen) atoms. The van der Waals surface area contributed by atoms with Crippen molar-refractivity contribution in [3.05, 3.63) is 24.3 Å². The van der Waals surface area contributed by atoms with Crippen LogP contribution < -0.4 is 0 Å². The number of hydrogen-bond donors (Lipinski definition) is 0. The molecular formula is C23H35NO2. The Hall–Kier alpha value is -1.38. The Labute approximate surface area is 158 Å². The van der Waals surface area contributed by atoms with Crippen LogP contribution in [0.2, 0.25) is 0 Å². The molecule has 1 aliphatic heterocycles. The number of nitrogens with zero attached hydrogens (tertiary/aromatic N) is 1. The van der Waals surface area contributed by atoms with Gasteiger partial charge in [-0.25, -0.2) is 0 Å². The van der Waals surface area contributed by atoms with E-state index in [2.05, 4.69) is 12.2 Å². The Kier molecular flexibility index (Phi) is 7.52. The van der Waals surface area contributed by atoms with Gasteiger partial charge in [0.2, 0.25) is 0 Å². The lowest BCUT2D eigenvalue weighted by Crippen LogP contribution is -2.30. The fourth-order valence-electron chi connectivity index (χ4n) is 4.97. The highest BCUT2D eigenvalue weighted by molar-refractivity contribution is 6.12. The van der Waals surface area contributed by atoms with Gasteiger partial charge in [-0.2, -0.15) is 0 Å². The number of hydrogen-bond acceptors (Lipinski definition) is 2. The van der Waals surface area contributed by atoms with Crippen molar-refractivity contribution in [2.45, 2.75) is 83.5 Å². The second-order valence-electron chi connectivity index (χ2n) is 8.53. The molecular weight excluding hydrogens is 322 g/mol. The number of carbonyl (C=O) groups is 2. The second kappa shape index (κ2) is 10.1. The first-order valence-corrected chi connectivity index (χ1v) is 11.0. The molecule has 2 bridgehead atoms. The van der Waals surface area contributed by atoms with Crippen molar-refractivity contribution < 1.29 is 9.59 Å². The molecule has 3 heteroatoms. The van der Waals surface area contributed by atoms with Crippen molar-refractivity contribution in [2.24, 2.45) is 17.8 Å². The molecule has 0 spiro atoms. The van der Waals surface area contributed by atoms with Crippen LogP contribution in [0, 0.1) is 17.8 Å². The molecule has 1 saturated carbocycles. The van der Waals surface area contributed by atoms with Crippen LogP contribution in [0.1, 0.15) is 83.5 Å². The van der Waals surface area contributed by atoms with Gasteiger partial charge in [-0.1, -0.05) is 69.9 Å². The summed E-state index contributed by atoms with van der Waals surface area (Å²) in [5.41, 5.74) is 0. The van der Waals surface area contributed by atoms with E-state index < -0.39 is 0 Å². The number of fused-ring (bicyclic) bond motifs is 2. The lowest BCUT2D eigenvalue weighted by Gasteiger charge is -2.17. The van der Waals surface area contributed by atoms with Gasteiger partial charge in [-0.15, -0.1) is 0 Å². The van der Waals surface area contributed by atoms with E-state index in [1.54, 1.807) is 0 Å². The minimum atomic E-state index is -0.146. The molecule has 2 aliphatic carbocycles. The number of allylic oxidation sites excluding steroid dienone is 2. The third-order valence-corrected chi connectivity index (χ3v) is 6.52. The maximum absolute atomic E-state index is 11.4. The van der Waals surface area contributed by atoms with Crippen molar-refractivity contribution in [3.8, 4) is 0 Å². The first-order chi connectivity index (χ1) is 12.7. The molecule has 2 amide bonds. The van der Waals surface area contributed by atoms with Crippen LogP contribution in [0.3, 0.4) is 0 Å². The van der Waals surface area contributed by atoms with Gasteiger partial charge in [0.1, 0.15) is 0 Å². The molecule has 3 aliphatic rings. The van der Waals surface area contributed by atoms with E-state index in [1.165, 1.54) is 87.7 Å². The van der Waals surface area contributed by atoms with E-state index in [0.717, 1.165) is 30.6 Å². The van der Waals surface area contributed by atoms with Gasteiger partial charge in [0.25, 0.3) is 11.8 Å². The average Bonchev–Trinajstić information content (AvgIpc) is 3.34. The van der Waals surface area contributed by atoms with E-state index in [9.17, 15) is 9.59 Å². The zero-order valence-corrected chi connectivity index (χ0v) is 16.2. The van der Waals surface area contributed by atoms with Gasteiger partial charge in [0, 0.05) is 18.7 Å². The van der Waals surface area contributed by atoms with Crippen molar-refractivity contribution >= 4 is 11.8 Å². The van der Waals surface area contributed by atoms with Gasteiger partial charge >= 0.3 is 0 Å². The quantitative estimate of drug-likeness (QED) is 0.251. The summed E-state index contributed by atoms with van der Waals surface area (Å²) >= 11 is 0. The first-order valence-electron chi connectivity index (χ1n) is 11.0. The van der Waals surface area contributed by atoms with Crippen LogP contribution in [0.25, 0.3) is 0 Å². The monoisotopic (exact) mass is 357 g/mol. The highest BCUT2D eigenvalue weighted by atomic mass is 16.2. The molecule has 1 heterocycles. The maximum atomic E-state index is 11.4. The van der Waals surface area contributed by atoms with E-state index in [-0.39, 0.29) is 11.8 Å². The summed E-state index contributed by atoms with van der Waals surface area (Å²) in [6.07, 6.45) is 25.0. The molecule has 0 radical (unpaired) electrons. The minimum absolute atomic E-state index is 0.146. The standard InChI is InChI=1S/C23H35NO2/c25-22-14-15-23(26)24(22)16-10-8-6-4-2-1-3-5-7-9-11-20-17-19-12-13-21(20)18-19/h12-15,19-21H,1-11,16-18H2. The Morgan fingerprint density at radius 1 is 0.731 bits per heavy atom. The van der Waals surface area contributed by atoms with Crippen molar-refractivity contribution in [1.82, 2.24) is 4.90 Å². The van der Waals surface area contributed by atoms with Crippen LogP contribution in [-0.2, 0) is 9.59 Å². The van der Waals surface area contributed by atoms with Crippen molar-refractivity contribution in [1.29, 1.82) is 0 Å². The summed E-state index contributed by atoms with van der Waals surface area (Å²) in [4.78, 5) is 24.2. The van der Waals surface area contributed by atoms with Gasteiger partial charge in [0.05, 0.1) is 0 Å². The summed E-state index contributed by atoms with van der Waals surface area (Å²) in [6, 6.07) is 0. The molecule has 0 N–H and O–H groups in total. The Bertz CT molecular complexity index is 518. The molecule has 0 saturated heterocycles. The highest BCUT2D eigenvalue weighted by Crippen LogP contribution is 2.45. The van der Waals surface area contributed by atoms with Crippen LogP contribution in [0.15, 0.2) is 24.3 Å². The van der Waals surface area contributed by atoms with E-state index >= 15 is 0 Å². The highest BCUT2D eigenvalue weighted by Gasteiger charge is 2.34. The van der Waals surface area contributed by atoms with E-state index in [4.69, 9.17) is 0 Å². The van der Waals surface area contributed by atoms with Gasteiger partial charge in [-0.3, -0.25) is 14.5 Å². The molecule has 3 atom stereocenters. The maximum Gasteiger partial charge on any atom is 0.253 e. The van der Waals surface area contributed by atoms with E-state index in [1.807, 2.05) is 0 Å². The molecule has 0 aromatic heterocycles. The zero-order chi connectivity index (χ0) is 18.2. The predicted octanol–water partition coefficient (Wildman–Crippen LogP) is 5.41. The lowest BCUT2D eigenvalue weighted by atomic mass is 9.88. The largest absolute Gasteiger partial charge is 0.275 e. The second-order valence-corrected chi connectivity index (χ2v) is 8.53. The fourth-order valence-corrected chi connectivity index (χ4v) is 4.97. The molecule has 0 aromatic rings. The van der Waals surface area contributed by atoms with Gasteiger partial charge < -0.3 is 0 Å². The predicted molar refractivity (Wildman–Crippen MR) is 105 cm³/mol. The van der Waals surface area contributed by atoms with Gasteiger partial charge in [0.15, 0.2) is 0 Å². The normalized spacial score (nSPS) is 26.6. The van der Waals surface area contributed by atoms with E-state index in [0.29, 0.717) is 6.54 Å². The average molecular weight is 358 g/mol. The third-order valence-electron chi connectivity index (χ3n) is 6.52. The number of rotatable bonds is 13. The van der Waals surface area contributed by atoms with Crippen molar-refractivity contribution in [2.75, 3.05) is 6.54 Å². The fraction of sp³-hybridized carbons (Fsp3) is 0.739. The summed E-state index contributed by atoms with van der Waals surface area (Å²) < 4.78 is 0. The minimum Gasteiger partial charge on any atom is -0.275 e. The molecule has 3 unspecified atom stereocenters. The number of imide groups is 1. The van der Waals surface area contributed by atoms with Crippen LogP contribution >= 0.6 is 0 Å². The third kappa shape index (κ3) is 5.56. The van der Waals surface area contributed by atoms with Crippen LogP contribution in [-0.4, -0.2) is 23.3 Å². The van der Waals surface area contributed by atoms with Crippen LogP contribution in [0.4, 0.5) is 0 Å². The van der Waals surface area contributed by atoms with Crippen LogP contribution in [0.5, 0.6) is 0 Å². The Morgan fingerprint density at radius 3 is 1.85 bits per heavy atom. The SMILES string of the molecule is O=C1C=CC(=O)N1CCCCCCCCCCCCC1CC2C=CC1C2. The molecule has 3 nitrogen and oxygen atoms in total. The number of amides is 2. The molecule has 0 aromatic carbocycles. The van der Waals surface area contributed by atoms with Gasteiger partial charge in [-0.05, 0) is 43.4 Å². The summed E-state index contributed by atoms with van der Waals surface area (Å²) in [6.45, 7) is 0.586. The lowest BCUT2D eigenvalue weighted by molar-refractivity contribution is -0.136. The summed E-state index contributed by atoms with van der Waals surface area (Å²) in [5.74, 6) is 2.57. The first kappa shape index (κ1) is 19.4. The summed E-state index contributed by atoms with van der Waals surface area (Å²) in [5, 5.41) is 0. The molecule has 3 rings (SSSR count). The summed E-state index contributed by atoms with van der Waals surface area (Å²) in [7, 11) is 0. The smallest absolute Gasteiger partial charge is 0.253 e. The number of carbonyl (C=O) groups excluding carboxylic acids is 2. The zero-order valence-electron chi connectivity index (χ0n) is 16.2. The molecule has 144 valence electrons. The molecule has 1 fully saturated rings.